The van der Waals surface area contributed by atoms with Crippen molar-refractivity contribution in [3.05, 3.63) is 83.2 Å². The molecule has 0 N–H and O–H groups in total. The van der Waals surface area contributed by atoms with Gasteiger partial charge < -0.3 is 14.7 Å². The molecule has 1 heterocycles. The van der Waals surface area contributed by atoms with Crippen molar-refractivity contribution in [1.29, 1.82) is 0 Å². The number of carbonyl (C=O) groups is 2. The molecule has 1 aromatic carbocycles. The summed E-state index contributed by atoms with van der Waals surface area (Å²) in [5.41, 5.74) is 2.35. The average Bonchev–Trinajstić information content (AvgIpc) is 3.45. The molecule has 0 aromatic heterocycles. The van der Waals surface area contributed by atoms with Gasteiger partial charge in [-0.3, -0.25) is 14.6 Å². The van der Waals surface area contributed by atoms with Crippen LogP contribution in [0.15, 0.2) is 72.0 Å². The van der Waals surface area contributed by atoms with Crippen molar-refractivity contribution in [1.82, 2.24) is 14.7 Å². The zero-order valence-electron chi connectivity index (χ0n) is 21.1. The minimum atomic E-state index is 0.0134. The normalized spacial score (nSPS) is 22.8. The topological polar surface area (TPSA) is 56.2 Å². The highest BCUT2D eigenvalue weighted by Crippen LogP contribution is 2.43. The highest BCUT2D eigenvalue weighted by Gasteiger charge is 2.43. The number of carbonyl (C=O) groups excluding carboxylic acids is 2. The summed E-state index contributed by atoms with van der Waals surface area (Å²) in [6.45, 7) is 8.67. The molecular formula is C29H35ClN4O2. The Bertz CT molecular complexity index is 1120. The van der Waals surface area contributed by atoms with Crippen molar-refractivity contribution in [3.63, 3.8) is 0 Å². The molecule has 6 nitrogen and oxygen atoms in total. The molecule has 3 aliphatic rings. The van der Waals surface area contributed by atoms with Crippen molar-refractivity contribution in [2.75, 3.05) is 26.7 Å². The highest BCUT2D eigenvalue weighted by atomic mass is 35.5. The average molecular weight is 507 g/mol. The van der Waals surface area contributed by atoms with E-state index in [9.17, 15) is 9.59 Å². The molecule has 36 heavy (non-hydrogen) atoms. The van der Waals surface area contributed by atoms with Gasteiger partial charge in [-0.15, -0.1) is 0 Å². The third-order valence-electron chi connectivity index (χ3n) is 7.46. The minimum absolute atomic E-state index is 0.0134. The van der Waals surface area contributed by atoms with Crippen LogP contribution in [0, 0.1) is 11.8 Å². The predicted molar refractivity (Wildman–Crippen MR) is 146 cm³/mol. The molecule has 7 heteroatoms. The van der Waals surface area contributed by atoms with Crippen LogP contribution in [-0.4, -0.2) is 65.5 Å². The lowest BCUT2D eigenvalue weighted by Crippen LogP contribution is -2.39. The number of rotatable bonds is 10. The van der Waals surface area contributed by atoms with E-state index in [0.29, 0.717) is 29.6 Å². The summed E-state index contributed by atoms with van der Waals surface area (Å²) in [4.78, 5) is 36.4. The first-order chi connectivity index (χ1) is 17.4. The second-order valence-corrected chi connectivity index (χ2v) is 10.0. The zero-order chi connectivity index (χ0) is 25.7. The number of fused-ring (bicyclic) bond motifs is 2. The highest BCUT2D eigenvalue weighted by molar-refractivity contribution is 6.34. The van der Waals surface area contributed by atoms with E-state index in [4.69, 9.17) is 11.6 Å². The number of amides is 2. The van der Waals surface area contributed by atoms with E-state index in [1.165, 1.54) is 6.20 Å². The van der Waals surface area contributed by atoms with Crippen LogP contribution in [0.3, 0.4) is 0 Å². The largest absolute Gasteiger partial charge is 0.378 e. The Hall–Kier alpha value is -3.12. The van der Waals surface area contributed by atoms with E-state index in [1.54, 1.807) is 17.2 Å². The molecule has 0 radical (unpaired) electrons. The molecule has 0 spiro atoms. The van der Waals surface area contributed by atoms with Crippen molar-refractivity contribution in [2.45, 2.75) is 38.8 Å². The number of aliphatic imine (C=N–C) groups is 1. The van der Waals surface area contributed by atoms with Crippen LogP contribution in [0.25, 0.3) is 0 Å². The molecule has 1 aromatic rings. The van der Waals surface area contributed by atoms with Crippen molar-refractivity contribution >= 4 is 29.6 Å². The first-order valence-electron chi connectivity index (χ1n) is 12.7. The van der Waals surface area contributed by atoms with Gasteiger partial charge in [-0.05, 0) is 49.8 Å². The summed E-state index contributed by atoms with van der Waals surface area (Å²) in [5, 5.41) is 0.521. The number of halogens is 1. The van der Waals surface area contributed by atoms with Gasteiger partial charge in [-0.2, -0.15) is 0 Å². The fraction of sp³-hybridized carbons (Fsp3) is 0.414. The summed E-state index contributed by atoms with van der Waals surface area (Å²) >= 11 is 6.34. The third kappa shape index (κ3) is 5.49. The Kier molecular flexibility index (Phi) is 8.47. The fourth-order valence-corrected chi connectivity index (χ4v) is 5.81. The van der Waals surface area contributed by atoms with E-state index in [2.05, 4.69) is 35.5 Å². The number of nitrogens with zero attached hydrogens (tertiary/aromatic N) is 4. The lowest BCUT2D eigenvalue weighted by atomic mass is 9.86. The molecule has 2 aliphatic carbocycles. The first kappa shape index (κ1) is 26.0. The number of benzene rings is 1. The molecular weight excluding hydrogens is 472 g/mol. The third-order valence-corrected chi connectivity index (χ3v) is 7.77. The number of hydrogen-bond acceptors (Lipinski definition) is 4. The van der Waals surface area contributed by atoms with Gasteiger partial charge in [0.05, 0.1) is 10.6 Å². The van der Waals surface area contributed by atoms with Gasteiger partial charge in [-0.25, -0.2) is 0 Å². The van der Waals surface area contributed by atoms with Gasteiger partial charge in [0.2, 0.25) is 0 Å². The summed E-state index contributed by atoms with van der Waals surface area (Å²) in [6, 6.07) is 5.75. The molecule has 4 rings (SSSR count). The van der Waals surface area contributed by atoms with Crippen molar-refractivity contribution in [3.8, 4) is 0 Å². The molecule has 3 atom stereocenters. The smallest absolute Gasteiger partial charge is 0.256 e. The molecule has 1 saturated carbocycles. The lowest BCUT2D eigenvalue weighted by molar-refractivity contribution is -0.125. The van der Waals surface area contributed by atoms with Crippen LogP contribution in [0.5, 0.6) is 0 Å². The summed E-state index contributed by atoms with van der Waals surface area (Å²) in [6.07, 6.45) is 16.2. The Labute approximate surface area is 219 Å². The second-order valence-electron chi connectivity index (χ2n) is 9.61. The van der Waals surface area contributed by atoms with Crippen molar-refractivity contribution < 1.29 is 9.59 Å². The molecule has 1 fully saturated rings. The maximum atomic E-state index is 13.2. The van der Waals surface area contributed by atoms with Crippen LogP contribution < -0.4 is 0 Å². The number of hydrogen-bond donors (Lipinski definition) is 0. The van der Waals surface area contributed by atoms with Gasteiger partial charge in [0.1, 0.15) is 0 Å². The van der Waals surface area contributed by atoms with E-state index in [1.807, 2.05) is 42.4 Å². The zero-order valence-corrected chi connectivity index (χ0v) is 21.9. The molecule has 2 amide bonds. The standard InChI is InChI=1S/C29H35ClN4O2/c1-4-31-15-7-17-33(5-2)18-8-16-32(3)28(35)22-12-11-21-13-14-26(24(21)19-22)34-20-23-9-6-10-25(30)27(23)29(34)36/h4,6-7,9-12,15,17,19,21,24,26H,1,5,8,13-14,16,18,20H2,2-3H3/t21?,24?,26-/m1/s1. The summed E-state index contributed by atoms with van der Waals surface area (Å²) in [7, 11) is 1.86. The quantitative estimate of drug-likeness (QED) is 0.415. The Balaban J connectivity index is 1.37. The van der Waals surface area contributed by atoms with Gasteiger partial charge in [0, 0.05) is 69.4 Å². The van der Waals surface area contributed by atoms with E-state index in [0.717, 1.165) is 43.5 Å². The molecule has 1 aliphatic heterocycles. The second kappa shape index (κ2) is 11.7. The van der Waals surface area contributed by atoms with E-state index < -0.39 is 0 Å². The van der Waals surface area contributed by atoms with Gasteiger partial charge in [-0.1, -0.05) is 48.5 Å². The van der Waals surface area contributed by atoms with Crippen LogP contribution in [0.4, 0.5) is 0 Å². The van der Waals surface area contributed by atoms with Crippen LogP contribution in [-0.2, 0) is 11.3 Å². The molecule has 2 unspecified atom stereocenters. The molecule has 0 saturated heterocycles. The van der Waals surface area contributed by atoms with Crippen LogP contribution in [0.1, 0.15) is 42.1 Å². The first-order valence-corrected chi connectivity index (χ1v) is 13.1. The lowest BCUT2D eigenvalue weighted by Gasteiger charge is -2.31. The minimum Gasteiger partial charge on any atom is -0.378 e. The SMILES string of the molecule is C=CN=CC=CN(CC)CCCN(C)C(=O)C1=CC2C(C=C1)CC[C@H]2N1Cc2cccc(Cl)c2C1=O. The van der Waals surface area contributed by atoms with E-state index in [-0.39, 0.29) is 23.8 Å². The van der Waals surface area contributed by atoms with Crippen LogP contribution in [0.2, 0.25) is 5.02 Å². The fourth-order valence-electron chi connectivity index (χ4n) is 5.54. The maximum Gasteiger partial charge on any atom is 0.256 e. The maximum absolute atomic E-state index is 13.2. The number of allylic oxidation sites excluding steroid dienone is 2. The van der Waals surface area contributed by atoms with Gasteiger partial charge in [0.15, 0.2) is 0 Å². The Morgan fingerprint density at radius 1 is 1.31 bits per heavy atom. The van der Waals surface area contributed by atoms with E-state index >= 15 is 0 Å². The Morgan fingerprint density at radius 2 is 2.14 bits per heavy atom. The summed E-state index contributed by atoms with van der Waals surface area (Å²) < 4.78 is 0. The Morgan fingerprint density at radius 3 is 2.89 bits per heavy atom. The number of likely N-dealkylation sites (N-methyl/N-ethyl adjacent to an activating group) is 1. The van der Waals surface area contributed by atoms with Gasteiger partial charge >= 0.3 is 0 Å². The molecule has 190 valence electrons. The van der Waals surface area contributed by atoms with Gasteiger partial charge in [0.25, 0.3) is 11.8 Å². The summed E-state index contributed by atoms with van der Waals surface area (Å²) in [5.74, 6) is 0.557. The molecule has 0 bridgehead atoms. The van der Waals surface area contributed by atoms with Crippen LogP contribution >= 0.6 is 11.6 Å². The monoisotopic (exact) mass is 506 g/mol. The van der Waals surface area contributed by atoms with Crippen molar-refractivity contribution in [2.24, 2.45) is 16.8 Å². The predicted octanol–water partition coefficient (Wildman–Crippen LogP) is 5.09.